The number of carbonyl (C=O) groups excluding carboxylic acids is 2. The summed E-state index contributed by atoms with van der Waals surface area (Å²) in [5.41, 5.74) is 2.08. The van der Waals surface area contributed by atoms with Crippen molar-refractivity contribution in [2.45, 2.75) is 13.1 Å². The number of hydrogen-bond donors (Lipinski definition) is 1. The maximum Gasteiger partial charge on any atom is 0.338 e. The van der Waals surface area contributed by atoms with E-state index in [1.807, 2.05) is 6.07 Å². The number of aromatic hydroxyl groups is 1. The molecule has 0 saturated heterocycles. The Morgan fingerprint density at radius 3 is 2.67 bits per heavy atom. The molecule has 0 saturated carbocycles. The predicted molar refractivity (Wildman–Crippen MR) is 97.0 cm³/mol. The molecule has 1 aliphatic heterocycles. The maximum atomic E-state index is 12.9. The Morgan fingerprint density at radius 2 is 1.96 bits per heavy atom. The van der Waals surface area contributed by atoms with Gasteiger partial charge in [0.25, 0.3) is 5.91 Å². The normalized spacial score (nSPS) is 12.6. The number of hydrogen-bond acceptors (Lipinski definition) is 6. The maximum absolute atomic E-state index is 12.9. The summed E-state index contributed by atoms with van der Waals surface area (Å²) in [6.45, 7) is 0.514. The van der Waals surface area contributed by atoms with Gasteiger partial charge < -0.3 is 24.2 Å². The highest BCUT2D eigenvalue weighted by atomic mass is 35.5. The van der Waals surface area contributed by atoms with Crippen molar-refractivity contribution >= 4 is 23.5 Å². The second-order valence-corrected chi connectivity index (χ2v) is 6.35. The molecule has 1 N–H and O–H groups in total. The van der Waals surface area contributed by atoms with E-state index in [1.54, 1.807) is 12.1 Å². The van der Waals surface area contributed by atoms with Crippen LogP contribution in [0.1, 0.15) is 31.8 Å². The number of halogens is 1. The molecule has 0 atom stereocenters. The van der Waals surface area contributed by atoms with Gasteiger partial charge in [0.15, 0.2) is 6.79 Å². The first-order valence-electron chi connectivity index (χ1n) is 8.08. The highest BCUT2D eigenvalue weighted by Gasteiger charge is 2.29. The number of nitrogens with zero attached hydrogens (tertiary/aromatic N) is 1. The van der Waals surface area contributed by atoms with Gasteiger partial charge in [-0.15, -0.1) is 0 Å². The van der Waals surface area contributed by atoms with Crippen LogP contribution in [0.2, 0.25) is 5.02 Å². The molecule has 1 aliphatic rings. The van der Waals surface area contributed by atoms with E-state index in [4.69, 9.17) is 25.8 Å². The third kappa shape index (κ3) is 3.70. The lowest BCUT2D eigenvalue weighted by Gasteiger charge is -2.17. The number of rotatable bonds is 5. The topological polar surface area (TPSA) is 85.3 Å². The van der Waals surface area contributed by atoms with E-state index in [1.165, 1.54) is 31.3 Å². The number of fused-ring (bicyclic) bond motifs is 1. The molecular weight excluding hydrogens is 374 g/mol. The first-order chi connectivity index (χ1) is 13.0. The van der Waals surface area contributed by atoms with Crippen LogP contribution >= 0.6 is 11.6 Å². The second-order valence-electron chi connectivity index (χ2n) is 5.95. The van der Waals surface area contributed by atoms with Gasteiger partial charge >= 0.3 is 5.97 Å². The van der Waals surface area contributed by atoms with Gasteiger partial charge in [-0.3, -0.25) is 4.79 Å². The van der Waals surface area contributed by atoms with Crippen molar-refractivity contribution in [1.82, 2.24) is 4.90 Å². The summed E-state index contributed by atoms with van der Waals surface area (Å²) >= 11 is 6.14. The van der Waals surface area contributed by atoms with Crippen LogP contribution in [0, 0.1) is 0 Å². The number of ether oxygens (including phenoxy) is 3. The molecule has 1 amide bonds. The van der Waals surface area contributed by atoms with E-state index in [9.17, 15) is 14.7 Å². The fourth-order valence-electron chi connectivity index (χ4n) is 2.98. The van der Waals surface area contributed by atoms with Crippen molar-refractivity contribution in [3.63, 3.8) is 0 Å². The highest BCUT2D eigenvalue weighted by molar-refractivity contribution is 6.32. The Balaban J connectivity index is 1.85. The molecule has 0 aromatic heterocycles. The number of methoxy groups -OCH3 is 2. The van der Waals surface area contributed by atoms with Gasteiger partial charge in [-0.1, -0.05) is 23.7 Å². The summed E-state index contributed by atoms with van der Waals surface area (Å²) in [7, 11) is 2.77. The van der Waals surface area contributed by atoms with Crippen molar-refractivity contribution in [3.05, 3.63) is 57.6 Å². The number of benzene rings is 2. The van der Waals surface area contributed by atoms with Gasteiger partial charge in [0.1, 0.15) is 11.5 Å². The molecule has 0 spiro atoms. The minimum Gasteiger partial charge on any atom is -0.507 e. The zero-order valence-electron chi connectivity index (χ0n) is 14.8. The van der Waals surface area contributed by atoms with Crippen molar-refractivity contribution in [2.75, 3.05) is 21.0 Å². The average molecular weight is 392 g/mol. The Kier molecular flexibility index (Phi) is 5.53. The van der Waals surface area contributed by atoms with Crippen molar-refractivity contribution in [3.8, 4) is 11.5 Å². The van der Waals surface area contributed by atoms with Crippen LogP contribution in [-0.4, -0.2) is 42.9 Å². The molecule has 27 heavy (non-hydrogen) atoms. The van der Waals surface area contributed by atoms with Gasteiger partial charge in [0.05, 0.1) is 23.3 Å². The minimum atomic E-state index is -0.452. The van der Waals surface area contributed by atoms with Gasteiger partial charge in [0, 0.05) is 26.3 Å². The molecule has 0 unspecified atom stereocenters. The molecule has 2 aromatic carbocycles. The fourth-order valence-corrected chi connectivity index (χ4v) is 3.20. The third-order valence-corrected chi connectivity index (χ3v) is 4.58. The molecule has 1 heterocycles. The number of phenolic OH excluding ortho intramolecular Hbond substituents is 1. The van der Waals surface area contributed by atoms with Gasteiger partial charge in [0.2, 0.25) is 0 Å². The molecule has 142 valence electrons. The third-order valence-electron chi connectivity index (χ3n) is 4.29. The van der Waals surface area contributed by atoms with E-state index < -0.39 is 11.9 Å². The summed E-state index contributed by atoms with van der Waals surface area (Å²) in [5.74, 6) is -0.892. The Labute approximate surface area is 161 Å². The van der Waals surface area contributed by atoms with E-state index in [0.717, 1.165) is 11.1 Å². The summed E-state index contributed by atoms with van der Waals surface area (Å²) in [4.78, 5) is 26.4. The zero-order valence-corrected chi connectivity index (χ0v) is 15.6. The van der Waals surface area contributed by atoms with E-state index in [0.29, 0.717) is 12.1 Å². The quantitative estimate of drug-likeness (QED) is 0.623. The number of esters is 1. The number of amides is 1. The van der Waals surface area contributed by atoms with Crippen LogP contribution in [0.4, 0.5) is 0 Å². The van der Waals surface area contributed by atoms with Crippen molar-refractivity contribution < 1.29 is 28.9 Å². The van der Waals surface area contributed by atoms with Crippen LogP contribution < -0.4 is 4.74 Å². The molecule has 3 rings (SSSR count). The molecule has 0 aliphatic carbocycles. The fraction of sp³-hybridized carbons (Fsp3) is 0.263. The standard InChI is InChI=1S/C19H18ClNO6/c1-25-10-27-17-7-16(22)13(6-15(17)20)18(23)21-8-11-4-3-5-12(14(11)9-21)19(24)26-2/h3-7,22H,8-10H2,1-2H3. The molecule has 0 fully saturated rings. The molecule has 8 heteroatoms. The average Bonchev–Trinajstić information content (AvgIpc) is 3.11. The Bertz CT molecular complexity index is 898. The van der Waals surface area contributed by atoms with Crippen LogP contribution in [0.3, 0.4) is 0 Å². The SMILES string of the molecule is COCOc1cc(O)c(C(=O)N2Cc3cccc(C(=O)OC)c3C2)cc1Cl. The van der Waals surface area contributed by atoms with Gasteiger partial charge in [-0.2, -0.15) is 0 Å². The Hall–Kier alpha value is -2.77. The molecule has 7 nitrogen and oxygen atoms in total. The van der Waals surface area contributed by atoms with Crippen molar-refractivity contribution in [2.24, 2.45) is 0 Å². The summed E-state index contributed by atoms with van der Waals surface area (Å²) < 4.78 is 14.8. The lowest BCUT2D eigenvalue weighted by molar-refractivity contribution is 0.0510. The van der Waals surface area contributed by atoms with Crippen molar-refractivity contribution in [1.29, 1.82) is 0 Å². The molecule has 0 bridgehead atoms. The van der Waals surface area contributed by atoms with Gasteiger partial charge in [-0.25, -0.2) is 4.79 Å². The van der Waals surface area contributed by atoms with Crippen LogP contribution in [-0.2, 0) is 22.6 Å². The monoisotopic (exact) mass is 391 g/mol. The first kappa shape index (κ1) is 19.0. The summed E-state index contributed by atoms with van der Waals surface area (Å²) in [6, 6.07) is 7.89. The minimum absolute atomic E-state index is 0.0375. The second kappa shape index (κ2) is 7.85. The van der Waals surface area contributed by atoms with Crippen LogP contribution in [0.15, 0.2) is 30.3 Å². The Morgan fingerprint density at radius 1 is 1.19 bits per heavy atom. The zero-order chi connectivity index (χ0) is 19.6. The lowest BCUT2D eigenvalue weighted by atomic mass is 10.0. The smallest absolute Gasteiger partial charge is 0.338 e. The summed E-state index contributed by atoms with van der Waals surface area (Å²) in [5, 5.41) is 10.4. The molecular formula is C19H18ClNO6. The highest BCUT2D eigenvalue weighted by Crippen LogP contribution is 2.35. The first-order valence-corrected chi connectivity index (χ1v) is 8.46. The van der Waals surface area contributed by atoms with Crippen LogP contribution in [0.5, 0.6) is 11.5 Å². The van der Waals surface area contributed by atoms with E-state index in [2.05, 4.69) is 0 Å². The lowest BCUT2D eigenvalue weighted by Crippen LogP contribution is -2.25. The van der Waals surface area contributed by atoms with E-state index >= 15 is 0 Å². The molecule has 2 aromatic rings. The van der Waals surface area contributed by atoms with Gasteiger partial charge in [-0.05, 0) is 23.3 Å². The number of carbonyl (C=O) groups is 2. The predicted octanol–water partition coefficient (Wildman–Crippen LogP) is 2.97. The molecule has 0 radical (unpaired) electrons. The summed E-state index contributed by atoms with van der Waals surface area (Å²) in [6.07, 6.45) is 0. The van der Waals surface area contributed by atoms with Crippen LogP contribution in [0.25, 0.3) is 0 Å². The largest absolute Gasteiger partial charge is 0.507 e. The number of phenols is 1. The van der Waals surface area contributed by atoms with E-state index in [-0.39, 0.29) is 35.4 Å².